The van der Waals surface area contributed by atoms with Gasteiger partial charge in [-0.05, 0) is 36.8 Å². The number of halogens is 1. The number of aryl methyl sites for hydroxylation is 1. The minimum atomic E-state index is -0.835. The van der Waals surface area contributed by atoms with E-state index in [1.807, 2.05) is 13.0 Å². The summed E-state index contributed by atoms with van der Waals surface area (Å²) in [5.41, 5.74) is 1.30. The van der Waals surface area contributed by atoms with Gasteiger partial charge in [-0.3, -0.25) is 14.7 Å². The molecule has 4 rings (SSSR count). The summed E-state index contributed by atoms with van der Waals surface area (Å²) in [7, 11) is 0. The Morgan fingerprint density at radius 1 is 1.26 bits per heavy atom. The molecule has 27 heavy (non-hydrogen) atoms. The van der Waals surface area contributed by atoms with Gasteiger partial charge in [-0.15, -0.1) is 0 Å². The first-order chi connectivity index (χ1) is 13.0. The van der Waals surface area contributed by atoms with Crippen molar-refractivity contribution in [2.75, 3.05) is 13.1 Å². The van der Waals surface area contributed by atoms with Crippen LogP contribution >= 0.6 is 0 Å². The summed E-state index contributed by atoms with van der Waals surface area (Å²) in [6.07, 6.45) is 0. The predicted molar refractivity (Wildman–Crippen MR) is 94.2 cm³/mol. The van der Waals surface area contributed by atoms with Gasteiger partial charge in [0.25, 0.3) is 5.91 Å². The van der Waals surface area contributed by atoms with Crippen LogP contribution < -0.4 is 5.32 Å². The molecule has 1 saturated heterocycles. The van der Waals surface area contributed by atoms with Crippen molar-refractivity contribution in [3.63, 3.8) is 0 Å². The normalized spacial score (nSPS) is 17.0. The first-order valence-electron chi connectivity index (χ1n) is 8.49. The molecule has 0 spiro atoms. The van der Waals surface area contributed by atoms with Crippen LogP contribution in [0.1, 0.15) is 27.9 Å². The molecule has 1 aliphatic rings. The van der Waals surface area contributed by atoms with Gasteiger partial charge in [0, 0.05) is 19.2 Å². The highest BCUT2D eigenvalue weighted by molar-refractivity contribution is 5.97. The second-order valence-electron chi connectivity index (χ2n) is 6.32. The van der Waals surface area contributed by atoms with Gasteiger partial charge in [-0.2, -0.15) is 5.10 Å². The molecular weight excluding hydrogens is 351 g/mol. The fourth-order valence-corrected chi connectivity index (χ4v) is 3.15. The molecule has 0 bridgehead atoms. The standard InChI is InChI=1S/C19H17FN4O3/c1-11-2-7-16(27-11)14-10-15(23-22-14)19(26)24-9-8-21-18(25)17(24)12-3-5-13(20)6-4-12/h2-7,10,17H,8-9H2,1H3,(H,21,25)(H,22,23)/t17-/m0/s1. The van der Waals surface area contributed by atoms with E-state index in [2.05, 4.69) is 15.5 Å². The molecule has 1 fully saturated rings. The molecule has 1 atom stereocenters. The summed E-state index contributed by atoms with van der Waals surface area (Å²) in [5, 5.41) is 9.61. The molecule has 0 radical (unpaired) electrons. The van der Waals surface area contributed by atoms with E-state index in [0.717, 1.165) is 5.76 Å². The highest BCUT2D eigenvalue weighted by Crippen LogP contribution is 2.26. The zero-order valence-corrected chi connectivity index (χ0v) is 14.5. The van der Waals surface area contributed by atoms with Crippen LogP contribution in [0.2, 0.25) is 0 Å². The lowest BCUT2D eigenvalue weighted by molar-refractivity contribution is -0.128. The second-order valence-corrected chi connectivity index (χ2v) is 6.32. The van der Waals surface area contributed by atoms with Gasteiger partial charge >= 0.3 is 0 Å². The van der Waals surface area contributed by atoms with Crippen LogP contribution in [-0.2, 0) is 4.79 Å². The van der Waals surface area contributed by atoms with Crippen molar-refractivity contribution in [3.05, 3.63) is 65.3 Å². The van der Waals surface area contributed by atoms with Crippen LogP contribution in [0, 0.1) is 12.7 Å². The number of hydrogen-bond donors (Lipinski definition) is 2. The van der Waals surface area contributed by atoms with E-state index in [9.17, 15) is 14.0 Å². The van der Waals surface area contributed by atoms with Crippen molar-refractivity contribution in [2.24, 2.45) is 0 Å². The number of furan rings is 1. The van der Waals surface area contributed by atoms with Gasteiger partial charge in [-0.1, -0.05) is 12.1 Å². The Balaban J connectivity index is 1.63. The Labute approximate surface area is 154 Å². The number of amides is 2. The van der Waals surface area contributed by atoms with E-state index < -0.39 is 11.9 Å². The summed E-state index contributed by atoms with van der Waals surface area (Å²) in [5.74, 6) is 0.226. The maximum absolute atomic E-state index is 13.2. The summed E-state index contributed by atoms with van der Waals surface area (Å²) >= 11 is 0. The van der Waals surface area contributed by atoms with Crippen LogP contribution in [0.15, 0.2) is 46.9 Å². The fourth-order valence-electron chi connectivity index (χ4n) is 3.15. The number of aromatic amines is 1. The summed E-state index contributed by atoms with van der Waals surface area (Å²) < 4.78 is 18.8. The minimum Gasteiger partial charge on any atom is -0.460 e. The highest BCUT2D eigenvalue weighted by atomic mass is 19.1. The maximum atomic E-state index is 13.2. The number of H-pyrrole nitrogens is 1. The molecule has 0 aliphatic carbocycles. The largest absolute Gasteiger partial charge is 0.460 e. The third-order valence-electron chi connectivity index (χ3n) is 4.46. The Morgan fingerprint density at radius 3 is 2.74 bits per heavy atom. The Morgan fingerprint density at radius 2 is 2.04 bits per heavy atom. The van der Waals surface area contributed by atoms with Crippen LogP contribution in [0.5, 0.6) is 0 Å². The van der Waals surface area contributed by atoms with E-state index >= 15 is 0 Å². The topological polar surface area (TPSA) is 91.2 Å². The third-order valence-corrected chi connectivity index (χ3v) is 4.46. The van der Waals surface area contributed by atoms with Crippen molar-refractivity contribution >= 4 is 11.8 Å². The summed E-state index contributed by atoms with van der Waals surface area (Å²) in [6.45, 7) is 2.50. The molecule has 138 valence electrons. The van der Waals surface area contributed by atoms with E-state index in [4.69, 9.17) is 4.42 Å². The molecule has 7 nitrogen and oxygen atoms in total. The average molecular weight is 368 g/mol. The van der Waals surface area contributed by atoms with Crippen LogP contribution in [0.3, 0.4) is 0 Å². The lowest BCUT2D eigenvalue weighted by atomic mass is 10.0. The summed E-state index contributed by atoms with van der Waals surface area (Å²) in [4.78, 5) is 26.9. The number of nitrogens with one attached hydrogen (secondary N) is 2. The number of carbonyl (C=O) groups excluding carboxylic acids is 2. The Bertz CT molecular complexity index is 993. The molecule has 2 aromatic heterocycles. The van der Waals surface area contributed by atoms with Crippen LogP contribution in [-0.4, -0.2) is 40.0 Å². The van der Waals surface area contributed by atoms with Crippen LogP contribution in [0.25, 0.3) is 11.5 Å². The maximum Gasteiger partial charge on any atom is 0.275 e. The van der Waals surface area contributed by atoms with Crippen molar-refractivity contribution in [1.29, 1.82) is 0 Å². The molecule has 2 N–H and O–H groups in total. The van der Waals surface area contributed by atoms with Gasteiger partial charge in [0.1, 0.15) is 23.3 Å². The van der Waals surface area contributed by atoms with E-state index in [0.29, 0.717) is 30.1 Å². The number of nitrogens with zero attached hydrogens (tertiary/aromatic N) is 2. The van der Waals surface area contributed by atoms with Gasteiger partial charge in [-0.25, -0.2) is 4.39 Å². The lowest BCUT2D eigenvalue weighted by Crippen LogP contribution is -2.52. The van der Waals surface area contributed by atoms with E-state index in [-0.39, 0.29) is 17.5 Å². The summed E-state index contributed by atoms with van der Waals surface area (Å²) in [6, 6.07) is 9.91. The zero-order chi connectivity index (χ0) is 19.0. The van der Waals surface area contributed by atoms with Gasteiger partial charge in [0.05, 0.1) is 0 Å². The van der Waals surface area contributed by atoms with Crippen molar-refractivity contribution < 1.29 is 18.4 Å². The zero-order valence-electron chi connectivity index (χ0n) is 14.5. The Hall–Kier alpha value is -3.42. The quantitative estimate of drug-likeness (QED) is 0.743. The molecule has 8 heteroatoms. The number of piperazine rings is 1. The smallest absolute Gasteiger partial charge is 0.275 e. The molecule has 3 aromatic rings. The minimum absolute atomic E-state index is 0.181. The number of rotatable bonds is 3. The van der Waals surface area contributed by atoms with Crippen LogP contribution in [0.4, 0.5) is 4.39 Å². The van der Waals surface area contributed by atoms with Gasteiger partial charge in [0.15, 0.2) is 11.5 Å². The third kappa shape index (κ3) is 3.21. The van der Waals surface area contributed by atoms with Crippen molar-refractivity contribution in [1.82, 2.24) is 20.4 Å². The number of aromatic nitrogens is 2. The first-order valence-corrected chi connectivity index (χ1v) is 8.49. The second kappa shape index (κ2) is 6.71. The van der Waals surface area contributed by atoms with Gasteiger partial charge < -0.3 is 14.6 Å². The van der Waals surface area contributed by atoms with E-state index in [1.54, 1.807) is 12.1 Å². The number of benzene rings is 1. The predicted octanol–water partition coefficient (Wildman–Crippen LogP) is 2.43. The van der Waals surface area contributed by atoms with E-state index in [1.165, 1.54) is 29.2 Å². The molecule has 1 aliphatic heterocycles. The number of hydrogen-bond acceptors (Lipinski definition) is 4. The van der Waals surface area contributed by atoms with Crippen molar-refractivity contribution in [2.45, 2.75) is 13.0 Å². The molecule has 0 saturated carbocycles. The van der Waals surface area contributed by atoms with Crippen molar-refractivity contribution in [3.8, 4) is 11.5 Å². The average Bonchev–Trinajstić information content (AvgIpc) is 3.31. The van der Waals surface area contributed by atoms with Gasteiger partial charge in [0.2, 0.25) is 5.91 Å². The number of carbonyl (C=O) groups is 2. The molecule has 3 heterocycles. The first kappa shape index (κ1) is 17.0. The lowest BCUT2D eigenvalue weighted by Gasteiger charge is -2.34. The Kier molecular flexibility index (Phi) is 4.23. The fraction of sp³-hybridized carbons (Fsp3) is 0.211. The monoisotopic (exact) mass is 368 g/mol. The molecule has 1 aromatic carbocycles. The molecule has 2 amide bonds. The molecule has 0 unspecified atom stereocenters. The SMILES string of the molecule is Cc1ccc(-c2cc(C(=O)N3CCNC(=O)[C@@H]3c3ccc(F)cc3)n[nH]2)o1. The highest BCUT2D eigenvalue weighted by Gasteiger charge is 2.35. The molecular formula is C19H17FN4O3.